The van der Waals surface area contributed by atoms with Crippen molar-refractivity contribution in [1.29, 1.82) is 0 Å². The lowest BCUT2D eigenvalue weighted by Crippen LogP contribution is -2.29. The molecule has 0 saturated carbocycles. The summed E-state index contributed by atoms with van der Waals surface area (Å²) in [6, 6.07) is 7.49. The van der Waals surface area contributed by atoms with Crippen LogP contribution in [-0.4, -0.2) is 19.2 Å². The second-order valence-corrected chi connectivity index (χ2v) is 4.91. The Balaban J connectivity index is 2.27. The van der Waals surface area contributed by atoms with E-state index >= 15 is 0 Å². The molecule has 6 heteroatoms. The predicted molar refractivity (Wildman–Crippen MR) is 82.6 cm³/mol. The highest BCUT2D eigenvalue weighted by Crippen LogP contribution is 2.31. The van der Waals surface area contributed by atoms with Gasteiger partial charge in [0.25, 0.3) is 0 Å². The molecule has 0 spiro atoms. The SMILES string of the molecule is COc1ccc(C(Cc2ccncc2Cl)NN)cc1OC. The number of nitrogens with two attached hydrogens (primary N) is 1. The molecule has 1 atom stereocenters. The first-order chi connectivity index (χ1) is 10.2. The number of pyridine rings is 1. The molecule has 0 fully saturated rings. The summed E-state index contributed by atoms with van der Waals surface area (Å²) in [6.45, 7) is 0. The number of methoxy groups -OCH3 is 2. The van der Waals surface area contributed by atoms with Gasteiger partial charge in [-0.05, 0) is 35.7 Å². The normalized spacial score (nSPS) is 12.0. The van der Waals surface area contributed by atoms with Crippen LogP contribution < -0.4 is 20.7 Å². The van der Waals surface area contributed by atoms with Crippen LogP contribution in [0.2, 0.25) is 5.02 Å². The molecule has 1 heterocycles. The Morgan fingerprint density at radius 1 is 1.24 bits per heavy atom. The zero-order valence-electron chi connectivity index (χ0n) is 12.0. The van der Waals surface area contributed by atoms with E-state index in [4.69, 9.17) is 26.9 Å². The maximum absolute atomic E-state index is 6.14. The summed E-state index contributed by atoms with van der Waals surface area (Å²) in [7, 11) is 3.21. The second kappa shape index (κ2) is 7.26. The fraction of sp³-hybridized carbons (Fsp3) is 0.267. The zero-order valence-corrected chi connectivity index (χ0v) is 12.7. The molecule has 1 unspecified atom stereocenters. The van der Waals surface area contributed by atoms with Gasteiger partial charge in [-0.2, -0.15) is 0 Å². The standard InChI is InChI=1S/C15H18ClN3O2/c1-20-14-4-3-11(8-15(14)21-2)13(19-17)7-10-5-6-18-9-12(10)16/h3-6,8-9,13,19H,7,17H2,1-2H3. The molecule has 0 radical (unpaired) electrons. The highest BCUT2D eigenvalue weighted by molar-refractivity contribution is 6.31. The van der Waals surface area contributed by atoms with Gasteiger partial charge in [0.15, 0.2) is 11.5 Å². The molecule has 0 bridgehead atoms. The van der Waals surface area contributed by atoms with Crippen molar-refractivity contribution in [3.05, 3.63) is 52.8 Å². The van der Waals surface area contributed by atoms with Gasteiger partial charge in [-0.1, -0.05) is 17.7 Å². The molecule has 0 aliphatic rings. The van der Waals surface area contributed by atoms with Crippen molar-refractivity contribution in [1.82, 2.24) is 10.4 Å². The molecule has 112 valence electrons. The van der Waals surface area contributed by atoms with E-state index in [0.29, 0.717) is 22.9 Å². The van der Waals surface area contributed by atoms with Gasteiger partial charge in [0.2, 0.25) is 0 Å². The molecule has 1 aromatic heterocycles. The summed E-state index contributed by atoms with van der Waals surface area (Å²) in [5.74, 6) is 7.03. The maximum atomic E-state index is 6.14. The summed E-state index contributed by atoms with van der Waals surface area (Å²) in [5.41, 5.74) is 4.77. The van der Waals surface area contributed by atoms with Crippen LogP contribution in [0.3, 0.4) is 0 Å². The highest BCUT2D eigenvalue weighted by atomic mass is 35.5. The molecule has 0 amide bonds. The molecule has 21 heavy (non-hydrogen) atoms. The lowest BCUT2D eigenvalue weighted by Gasteiger charge is -2.18. The molecular formula is C15H18ClN3O2. The zero-order chi connectivity index (χ0) is 15.2. The van der Waals surface area contributed by atoms with Crippen LogP contribution in [0.4, 0.5) is 0 Å². The lowest BCUT2D eigenvalue weighted by molar-refractivity contribution is 0.353. The number of hydrazine groups is 1. The molecule has 2 rings (SSSR count). The van der Waals surface area contributed by atoms with Crippen molar-refractivity contribution < 1.29 is 9.47 Å². The molecule has 0 saturated heterocycles. The van der Waals surface area contributed by atoms with Crippen LogP contribution in [0.25, 0.3) is 0 Å². The summed E-state index contributed by atoms with van der Waals surface area (Å²) in [4.78, 5) is 3.98. The minimum atomic E-state index is -0.0929. The van der Waals surface area contributed by atoms with Gasteiger partial charge in [0.1, 0.15) is 0 Å². The summed E-state index contributed by atoms with van der Waals surface area (Å²) < 4.78 is 10.6. The van der Waals surface area contributed by atoms with E-state index in [9.17, 15) is 0 Å². The van der Waals surface area contributed by atoms with Gasteiger partial charge in [0, 0.05) is 12.4 Å². The Bertz CT molecular complexity index is 607. The Morgan fingerprint density at radius 2 is 2.00 bits per heavy atom. The molecule has 3 N–H and O–H groups in total. The predicted octanol–water partition coefficient (Wildman–Crippen LogP) is 2.50. The summed E-state index contributed by atoms with van der Waals surface area (Å²) in [5, 5.41) is 0.623. The Labute approximate surface area is 129 Å². The monoisotopic (exact) mass is 307 g/mol. The van der Waals surface area contributed by atoms with Gasteiger partial charge >= 0.3 is 0 Å². The van der Waals surface area contributed by atoms with Crippen molar-refractivity contribution in [2.45, 2.75) is 12.5 Å². The molecular weight excluding hydrogens is 290 g/mol. The van der Waals surface area contributed by atoms with Crippen molar-refractivity contribution in [3.8, 4) is 11.5 Å². The van der Waals surface area contributed by atoms with Crippen molar-refractivity contribution >= 4 is 11.6 Å². The van der Waals surface area contributed by atoms with E-state index < -0.39 is 0 Å². The van der Waals surface area contributed by atoms with E-state index in [-0.39, 0.29) is 6.04 Å². The van der Waals surface area contributed by atoms with E-state index in [2.05, 4.69) is 10.4 Å². The second-order valence-electron chi connectivity index (χ2n) is 4.50. The van der Waals surface area contributed by atoms with Gasteiger partial charge in [-0.25, -0.2) is 0 Å². The first kappa shape index (κ1) is 15.6. The highest BCUT2D eigenvalue weighted by Gasteiger charge is 2.15. The number of ether oxygens (including phenoxy) is 2. The average Bonchev–Trinajstić information content (AvgIpc) is 2.53. The Kier molecular flexibility index (Phi) is 5.38. The smallest absolute Gasteiger partial charge is 0.161 e. The number of aromatic nitrogens is 1. The van der Waals surface area contributed by atoms with Gasteiger partial charge in [0.05, 0.1) is 25.3 Å². The molecule has 2 aromatic rings. The van der Waals surface area contributed by atoms with Crippen LogP contribution in [0.15, 0.2) is 36.7 Å². The Morgan fingerprint density at radius 3 is 2.62 bits per heavy atom. The fourth-order valence-corrected chi connectivity index (χ4v) is 2.33. The number of benzene rings is 1. The quantitative estimate of drug-likeness (QED) is 0.634. The number of hydrogen-bond donors (Lipinski definition) is 2. The third-order valence-corrected chi connectivity index (χ3v) is 3.63. The largest absolute Gasteiger partial charge is 0.493 e. The number of halogens is 1. The Hall–Kier alpha value is -1.82. The first-order valence-corrected chi connectivity index (χ1v) is 6.83. The van der Waals surface area contributed by atoms with Gasteiger partial charge in [-0.15, -0.1) is 0 Å². The number of nitrogens with one attached hydrogen (secondary N) is 1. The van der Waals surface area contributed by atoms with Crippen LogP contribution >= 0.6 is 11.6 Å². The number of rotatable bonds is 6. The maximum Gasteiger partial charge on any atom is 0.161 e. The van der Waals surface area contributed by atoms with Crippen molar-refractivity contribution in [2.24, 2.45) is 5.84 Å². The van der Waals surface area contributed by atoms with Crippen LogP contribution in [-0.2, 0) is 6.42 Å². The van der Waals surface area contributed by atoms with Crippen LogP contribution in [0, 0.1) is 0 Å². The number of hydrogen-bond acceptors (Lipinski definition) is 5. The molecule has 0 aliphatic carbocycles. The van der Waals surface area contributed by atoms with Crippen LogP contribution in [0.5, 0.6) is 11.5 Å². The number of nitrogens with zero attached hydrogens (tertiary/aromatic N) is 1. The third-order valence-electron chi connectivity index (χ3n) is 3.29. The van der Waals surface area contributed by atoms with E-state index in [1.54, 1.807) is 26.6 Å². The first-order valence-electron chi connectivity index (χ1n) is 6.46. The van der Waals surface area contributed by atoms with Gasteiger partial charge in [-0.3, -0.25) is 16.3 Å². The van der Waals surface area contributed by atoms with Crippen molar-refractivity contribution in [2.75, 3.05) is 14.2 Å². The van der Waals surface area contributed by atoms with E-state index in [1.165, 1.54) is 0 Å². The van der Waals surface area contributed by atoms with E-state index in [0.717, 1.165) is 11.1 Å². The molecule has 0 aliphatic heterocycles. The molecule has 1 aromatic carbocycles. The average molecular weight is 308 g/mol. The van der Waals surface area contributed by atoms with Crippen LogP contribution in [0.1, 0.15) is 17.2 Å². The minimum absolute atomic E-state index is 0.0929. The third kappa shape index (κ3) is 3.64. The summed E-state index contributed by atoms with van der Waals surface area (Å²) in [6.07, 6.45) is 3.98. The van der Waals surface area contributed by atoms with E-state index in [1.807, 2.05) is 24.3 Å². The lowest BCUT2D eigenvalue weighted by atomic mass is 9.99. The van der Waals surface area contributed by atoms with Gasteiger partial charge < -0.3 is 9.47 Å². The topological polar surface area (TPSA) is 69.4 Å². The fourth-order valence-electron chi connectivity index (χ4n) is 2.13. The summed E-state index contributed by atoms with van der Waals surface area (Å²) >= 11 is 6.14. The van der Waals surface area contributed by atoms with Crippen molar-refractivity contribution in [3.63, 3.8) is 0 Å². The molecule has 5 nitrogen and oxygen atoms in total. The minimum Gasteiger partial charge on any atom is -0.493 e.